The fraction of sp³-hybridized carbons (Fsp3) is 0.188. The Bertz CT molecular complexity index is 894. The van der Waals surface area contributed by atoms with Crippen molar-refractivity contribution in [2.45, 2.75) is 19.8 Å². The number of ether oxygens (including phenoxy) is 1. The molecular formula is C16H12F3NO2S. The lowest BCUT2D eigenvalue weighted by atomic mass is 10.2. The lowest BCUT2D eigenvalue weighted by Gasteiger charge is -2.09. The van der Waals surface area contributed by atoms with Gasteiger partial charge in [-0.15, -0.1) is 13.2 Å². The Morgan fingerprint density at radius 2 is 1.83 bits per heavy atom. The number of halogens is 3. The van der Waals surface area contributed by atoms with E-state index in [0.29, 0.717) is 6.54 Å². The van der Waals surface area contributed by atoms with Gasteiger partial charge in [-0.3, -0.25) is 9.36 Å². The van der Waals surface area contributed by atoms with Crippen molar-refractivity contribution in [1.29, 1.82) is 0 Å². The fourth-order valence-corrected chi connectivity index (χ4v) is 3.29. The maximum Gasteiger partial charge on any atom is 0.573 e. The van der Waals surface area contributed by atoms with E-state index in [0.717, 1.165) is 32.7 Å². The maximum atomic E-state index is 12.1. The van der Waals surface area contributed by atoms with Gasteiger partial charge in [0.1, 0.15) is 5.75 Å². The van der Waals surface area contributed by atoms with Crippen LogP contribution in [0.15, 0.2) is 47.3 Å². The number of hydrogen-bond donors (Lipinski definition) is 0. The first-order chi connectivity index (χ1) is 10.8. The van der Waals surface area contributed by atoms with Gasteiger partial charge < -0.3 is 4.74 Å². The van der Waals surface area contributed by atoms with Gasteiger partial charge in [-0.25, -0.2) is 0 Å². The number of rotatable bonds is 3. The minimum absolute atomic E-state index is 0.0961. The molecular weight excluding hydrogens is 327 g/mol. The maximum absolute atomic E-state index is 12.1. The average Bonchev–Trinajstić information content (AvgIpc) is 2.74. The molecule has 0 bridgehead atoms. The second kappa shape index (κ2) is 5.73. The first kappa shape index (κ1) is 15.6. The normalized spacial score (nSPS) is 11.8. The van der Waals surface area contributed by atoms with Crippen molar-refractivity contribution in [2.24, 2.45) is 0 Å². The highest BCUT2D eigenvalue weighted by Crippen LogP contribution is 2.24. The Balaban J connectivity index is 1.88. The summed E-state index contributed by atoms with van der Waals surface area (Å²) in [7, 11) is 0. The van der Waals surface area contributed by atoms with Gasteiger partial charge in [-0.1, -0.05) is 29.5 Å². The number of hydrogen-bond acceptors (Lipinski definition) is 3. The van der Waals surface area contributed by atoms with E-state index in [9.17, 15) is 18.0 Å². The summed E-state index contributed by atoms with van der Waals surface area (Å²) in [6.45, 7) is 2.25. The van der Waals surface area contributed by atoms with Gasteiger partial charge in [-0.05, 0) is 42.3 Å². The largest absolute Gasteiger partial charge is 0.573 e. The van der Waals surface area contributed by atoms with E-state index >= 15 is 0 Å². The highest BCUT2D eigenvalue weighted by molar-refractivity contribution is 7.16. The van der Waals surface area contributed by atoms with Gasteiger partial charge in [-0.2, -0.15) is 0 Å². The molecule has 0 unspecified atom stereocenters. The van der Waals surface area contributed by atoms with Crippen molar-refractivity contribution in [1.82, 2.24) is 4.57 Å². The molecule has 120 valence electrons. The number of aryl methyl sites for hydroxylation is 1. The van der Waals surface area contributed by atoms with Crippen LogP contribution in [-0.4, -0.2) is 10.9 Å². The lowest BCUT2D eigenvalue weighted by Crippen LogP contribution is -2.17. The molecule has 0 radical (unpaired) electrons. The molecule has 0 N–H and O–H groups in total. The van der Waals surface area contributed by atoms with E-state index in [-0.39, 0.29) is 10.6 Å². The van der Waals surface area contributed by atoms with Gasteiger partial charge in [0.15, 0.2) is 0 Å². The number of thiazole rings is 1. The van der Waals surface area contributed by atoms with Crippen LogP contribution in [0.5, 0.6) is 5.75 Å². The topological polar surface area (TPSA) is 31.2 Å². The van der Waals surface area contributed by atoms with Crippen molar-refractivity contribution in [3.8, 4) is 5.75 Å². The smallest absolute Gasteiger partial charge is 0.406 e. The van der Waals surface area contributed by atoms with Crippen LogP contribution in [0, 0.1) is 6.92 Å². The van der Waals surface area contributed by atoms with Crippen LogP contribution < -0.4 is 9.61 Å². The Morgan fingerprint density at radius 1 is 1.13 bits per heavy atom. The average molecular weight is 339 g/mol. The first-order valence-corrected chi connectivity index (χ1v) is 7.58. The van der Waals surface area contributed by atoms with Crippen molar-refractivity contribution in [3.05, 3.63) is 63.3 Å². The van der Waals surface area contributed by atoms with Crippen LogP contribution in [0.1, 0.15) is 11.1 Å². The molecule has 0 spiro atoms. The van der Waals surface area contributed by atoms with E-state index in [1.165, 1.54) is 24.3 Å². The SMILES string of the molecule is Cc1ccc2c(c1)sc(=O)n2Cc1ccc(OC(F)(F)F)cc1. The highest BCUT2D eigenvalue weighted by Gasteiger charge is 2.30. The summed E-state index contributed by atoms with van der Waals surface area (Å²) in [6.07, 6.45) is -4.71. The zero-order valence-electron chi connectivity index (χ0n) is 12.1. The molecule has 23 heavy (non-hydrogen) atoms. The number of aromatic nitrogens is 1. The summed E-state index contributed by atoms with van der Waals surface area (Å²) in [5, 5.41) is 0. The predicted octanol–water partition coefficient (Wildman–Crippen LogP) is 4.32. The third-order valence-corrected chi connectivity index (χ3v) is 4.26. The molecule has 3 rings (SSSR count). The van der Waals surface area contributed by atoms with E-state index in [2.05, 4.69) is 4.74 Å². The van der Waals surface area contributed by atoms with Gasteiger partial charge in [0.2, 0.25) is 0 Å². The van der Waals surface area contributed by atoms with Crippen LogP contribution in [0.3, 0.4) is 0 Å². The molecule has 2 aromatic carbocycles. The molecule has 0 fully saturated rings. The van der Waals surface area contributed by atoms with Crippen molar-refractivity contribution < 1.29 is 17.9 Å². The molecule has 0 amide bonds. The molecule has 0 aliphatic carbocycles. The molecule has 3 nitrogen and oxygen atoms in total. The van der Waals surface area contributed by atoms with E-state index < -0.39 is 6.36 Å². The molecule has 1 aromatic heterocycles. The molecule has 1 heterocycles. The lowest BCUT2D eigenvalue weighted by molar-refractivity contribution is -0.274. The third-order valence-electron chi connectivity index (χ3n) is 3.32. The molecule has 0 saturated carbocycles. The van der Waals surface area contributed by atoms with E-state index in [1.54, 1.807) is 4.57 Å². The van der Waals surface area contributed by atoms with Crippen LogP contribution in [0.2, 0.25) is 0 Å². The van der Waals surface area contributed by atoms with Crippen molar-refractivity contribution >= 4 is 21.6 Å². The van der Waals surface area contributed by atoms with Gasteiger partial charge in [0.05, 0.1) is 16.8 Å². The van der Waals surface area contributed by atoms with Gasteiger partial charge >= 0.3 is 11.2 Å². The van der Waals surface area contributed by atoms with Crippen molar-refractivity contribution in [3.63, 3.8) is 0 Å². The van der Waals surface area contributed by atoms with Crippen LogP contribution >= 0.6 is 11.3 Å². The number of benzene rings is 2. The van der Waals surface area contributed by atoms with Gasteiger partial charge in [0, 0.05) is 0 Å². The summed E-state index contributed by atoms with van der Waals surface area (Å²) in [4.78, 5) is 12.0. The first-order valence-electron chi connectivity index (χ1n) is 6.76. The summed E-state index contributed by atoms with van der Waals surface area (Å²) in [5.41, 5.74) is 2.61. The standard InChI is InChI=1S/C16H12F3NO2S/c1-10-2-7-13-14(8-10)23-15(21)20(13)9-11-3-5-12(6-4-11)22-16(17,18)19/h2-8H,9H2,1H3. The monoisotopic (exact) mass is 339 g/mol. The molecule has 0 saturated heterocycles. The second-order valence-corrected chi connectivity index (χ2v) is 6.11. The summed E-state index contributed by atoms with van der Waals surface area (Å²) >= 11 is 1.16. The minimum atomic E-state index is -4.71. The van der Waals surface area contributed by atoms with Crippen LogP contribution in [0.25, 0.3) is 10.2 Å². The minimum Gasteiger partial charge on any atom is -0.406 e. The zero-order valence-corrected chi connectivity index (χ0v) is 12.9. The molecule has 0 atom stereocenters. The summed E-state index contributed by atoms with van der Waals surface area (Å²) < 4.78 is 42.8. The number of nitrogens with zero attached hydrogens (tertiary/aromatic N) is 1. The zero-order chi connectivity index (χ0) is 16.6. The quantitative estimate of drug-likeness (QED) is 0.712. The predicted molar refractivity (Wildman–Crippen MR) is 83.0 cm³/mol. The van der Waals surface area contributed by atoms with Crippen LogP contribution in [0.4, 0.5) is 13.2 Å². The number of alkyl halides is 3. The molecule has 7 heteroatoms. The van der Waals surface area contributed by atoms with Crippen LogP contribution in [-0.2, 0) is 6.54 Å². The van der Waals surface area contributed by atoms with E-state index in [1.807, 2.05) is 25.1 Å². The molecule has 3 aromatic rings. The van der Waals surface area contributed by atoms with Crippen molar-refractivity contribution in [2.75, 3.05) is 0 Å². The Labute approximate surface area is 133 Å². The molecule has 0 aliphatic heterocycles. The third kappa shape index (κ3) is 3.56. The second-order valence-electron chi connectivity index (χ2n) is 5.12. The molecule has 0 aliphatic rings. The number of fused-ring (bicyclic) bond motifs is 1. The summed E-state index contributed by atoms with van der Waals surface area (Å²) in [5.74, 6) is -0.278. The Hall–Kier alpha value is -2.28. The summed E-state index contributed by atoms with van der Waals surface area (Å²) in [6, 6.07) is 11.3. The van der Waals surface area contributed by atoms with E-state index in [4.69, 9.17) is 0 Å². The van der Waals surface area contributed by atoms with Gasteiger partial charge in [0.25, 0.3) is 0 Å². The Kier molecular flexibility index (Phi) is 3.89. The Morgan fingerprint density at radius 3 is 2.48 bits per heavy atom. The highest BCUT2D eigenvalue weighted by atomic mass is 32.1. The fourth-order valence-electron chi connectivity index (χ4n) is 2.30.